The molecule has 1 aliphatic rings. The highest BCUT2D eigenvalue weighted by atomic mass is 32.2. The smallest absolute Gasteiger partial charge is 0.267 e. The lowest BCUT2D eigenvalue weighted by molar-refractivity contribution is -0.134. The minimum Gasteiger partial charge on any atom is -0.337 e. The maximum Gasteiger partial charge on any atom is 0.267 e. The molecule has 152 valence electrons. The first-order valence-electron chi connectivity index (χ1n) is 9.44. The number of unbranched alkanes of at least 4 members (excludes halogenated alkanes) is 1. The second-order valence-corrected chi connectivity index (χ2v) is 10.6. The molecule has 1 saturated heterocycles. The molecule has 0 aliphatic carbocycles. The van der Waals surface area contributed by atoms with E-state index in [0.29, 0.717) is 18.7 Å². The van der Waals surface area contributed by atoms with Gasteiger partial charge in [0.15, 0.2) is 9.84 Å². The minimum atomic E-state index is -3.10. The van der Waals surface area contributed by atoms with Crippen LogP contribution in [0.3, 0.4) is 0 Å². The number of rotatable bonds is 7. The average molecular weight is 424 g/mol. The average Bonchev–Trinajstić information content (AvgIpc) is 3.22. The second kappa shape index (κ2) is 8.57. The number of carbonyl (C=O) groups excluding carboxylic acids is 1. The van der Waals surface area contributed by atoms with Crippen molar-refractivity contribution in [2.24, 2.45) is 0 Å². The number of thiophene rings is 1. The fourth-order valence-corrected chi connectivity index (χ4v) is 5.91. The molecule has 1 amide bonds. The lowest BCUT2D eigenvalue weighted by atomic mass is 10.2. The topological polar surface area (TPSA) is 89.3 Å². The molecule has 1 unspecified atom stereocenters. The monoisotopic (exact) mass is 423 g/mol. The third-order valence-electron chi connectivity index (χ3n) is 4.87. The molecule has 3 rings (SSSR count). The summed E-state index contributed by atoms with van der Waals surface area (Å²) in [6, 6.07) is 6.68. The molecule has 0 radical (unpaired) electrons. The Morgan fingerprint density at radius 1 is 1.32 bits per heavy atom. The summed E-state index contributed by atoms with van der Waals surface area (Å²) in [5.41, 5.74) is 0.300. The maximum atomic E-state index is 13.0. The molecule has 1 fully saturated rings. The zero-order valence-electron chi connectivity index (χ0n) is 16.1. The molecule has 7 nitrogen and oxygen atoms in total. The number of sulfone groups is 1. The van der Waals surface area contributed by atoms with Crippen LogP contribution in [0.5, 0.6) is 0 Å². The van der Waals surface area contributed by atoms with Crippen LogP contribution in [-0.2, 0) is 21.2 Å². The highest BCUT2D eigenvalue weighted by Gasteiger charge is 2.34. The van der Waals surface area contributed by atoms with E-state index in [9.17, 15) is 18.0 Å². The Morgan fingerprint density at radius 3 is 2.71 bits per heavy atom. The third-order valence-corrected chi connectivity index (χ3v) is 7.64. The van der Waals surface area contributed by atoms with Crippen LogP contribution in [0.2, 0.25) is 0 Å². The first kappa shape index (κ1) is 20.7. The summed E-state index contributed by atoms with van der Waals surface area (Å²) in [5, 5.41) is 4.36. The van der Waals surface area contributed by atoms with Gasteiger partial charge >= 0.3 is 0 Å². The molecule has 9 heteroatoms. The van der Waals surface area contributed by atoms with Crippen molar-refractivity contribution in [2.75, 3.05) is 18.1 Å². The van der Waals surface area contributed by atoms with Gasteiger partial charge in [0.05, 0.1) is 16.4 Å². The van der Waals surface area contributed by atoms with Gasteiger partial charge in [0.2, 0.25) is 5.91 Å². The highest BCUT2D eigenvalue weighted by molar-refractivity contribution is 7.91. The Kier molecular flexibility index (Phi) is 6.34. The van der Waals surface area contributed by atoms with E-state index in [1.165, 1.54) is 10.7 Å². The third kappa shape index (κ3) is 4.88. The van der Waals surface area contributed by atoms with Gasteiger partial charge in [0.25, 0.3) is 5.56 Å². The minimum absolute atomic E-state index is 0.000701. The van der Waals surface area contributed by atoms with Gasteiger partial charge in [-0.15, -0.1) is 11.3 Å². The van der Waals surface area contributed by atoms with E-state index in [-0.39, 0.29) is 35.6 Å². The van der Waals surface area contributed by atoms with Crippen LogP contribution in [0, 0.1) is 6.92 Å². The number of amides is 1. The largest absolute Gasteiger partial charge is 0.337 e. The number of aryl methyl sites for hydroxylation is 1. The molecule has 0 saturated carbocycles. The van der Waals surface area contributed by atoms with Crippen molar-refractivity contribution >= 4 is 27.1 Å². The summed E-state index contributed by atoms with van der Waals surface area (Å²) in [5.74, 6) is -0.150. The van der Waals surface area contributed by atoms with E-state index in [1.807, 2.05) is 26.0 Å². The zero-order chi connectivity index (χ0) is 20.3. The Morgan fingerprint density at radius 2 is 2.11 bits per heavy atom. The number of nitrogens with zero attached hydrogens (tertiary/aromatic N) is 3. The lowest BCUT2D eigenvalue weighted by Crippen LogP contribution is -2.44. The highest BCUT2D eigenvalue weighted by Crippen LogP contribution is 2.25. The van der Waals surface area contributed by atoms with Crippen LogP contribution in [0.1, 0.15) is 31.1 Å². The van der Waals surface area contributed by atoms with Gasteiger partial charge in [0.1, 0.15) is 12.2 Å². The SMILES string of the molecule is CCCCN(C(=O)Cn1nc(-c2ccc(C)s2)ccc1=O)C1CCS(=O)(=O)C1. The Hall–Kier alpha value is -2.00. The molecule has 0 spiro atoms. The molecule has 0 aromatic carbocycles. The lowest BCUT2D eigenvalue weighted by Gasteiger charge is -2.28. The van der Waals surface area contributed by atoms with Crippen molar-refractivity contribution < 1.29 is 13.2 Å². The van der Waals surface area contributed by atoms with Crippen LogP contribution < -0.4 is 5.56 Å². The predicted molar refractivity (Wildman–Crippen MR) is 110 cm³/mol. The zero-order valence-corrected chi connectivity index (χ0v) is 17.8. The van der Waals surface area contributed by atoms with E-state index in [4.69, 9.17) is 0 Å². The van der Waals surface area contributed by atoms with Crippen LogP contribution >= 0.6 is 11.3 Å². The van der Waals surface area contributed by atoms with E-state index in [2.05, 4.69) is 5.10 Å². The van der Waals surface area contributed by atoms with E-state index < -0.39 is 9.84 Å². The van der Waals surface area contributed by atoms with Gasteiger partial charge in [-0.3, -0.25) is 9.59 Å². The summed E-state index contributed by atoms with van der Waals surface area (Å²) < 4.78 is 24.9. The molecule has 1 aliphatic heterocycles. The van der Waals surface area contributed by atoms with Crippen molar-refractivity contribution in [3.63, 3.8) is 0 Å². The van der Waals surface area contributed by atoms with Crippen molar-refractivity contribution in [3.05, 3.63) is 39.5 Å². The summed E-state index contributed by atoms with van der Waals surface area (Å²) in [6.45, 7) is 4.33. The summed E-state index contributed by atoms with van der Waals surface area (Å²) in [7, 11) is -3.10. The van der Waals surface area contributed by atoms with Crippen molar-refractivity contribution in [2.45, 2.75) is 45.7 Å². The van der Waals surface area contributed by atoms with E-state index in [0.717, 1.165) is 22.6 Å². The second-order valence-electron chi connectivity index (χ2n) is 7.12. The van der Waals surface area contributed by atoms with Crippen LogP contribution in [-0.4, -0.2) is 53.1 Å². The molecule has 2 aromatic heterocycles. The predicted octanol–water partition coefficient (Wildman–Crippen LogP) is 2.10. The van der Waals surface area contributed by atoms with Gasteiger partial charge in [-0.05, 0) is 38.0 Å². The van der Waals surface area contributed by atoms with Gasteiger partial charge in [0, 0.05) is 23.5 Å². The quantitative estimate of drug-likeness (QED) is 0.680. The standard InChI is InChI=1S/C19H25N3O4S2/c1-3-4-10-21(15-9-11-28(25,26)13-15)19(24)12-22-18(23)8-6-16(20-22)17-7-5-14(2)27-17/h5-8,15H,3-4,9-13H2,1-2H3. The number of hydrogen-bond acceptors (Lipinski definition) is 6. The molecule has 28 heavy (non-hydrogen) atoms. The normalized spacial score (nSPS) is 18.3. The van der Waals surface area contributed by atoms with Gasteiger partial charge in [-0.2, -0.15) is 5.10 Å². The van der Waals surface area contributed by atoms with Crippen LogP contribution in [0.15, 0.2) is 29.1 Å². The van der Waals surface area contributed by atoms with Crippen molar-refractivity contribution in [3.8, 4) is 10.6 Å². The van der Waals surface area contributed by atoms with Crippen LogP contribution in [0.4, 0.5) is 0 Å². The van der Waals surface area contributed by atoms with Crippen LogP contribution in [0.25, 0.3) is 10.6 Å². The van der Waals surface area contributed by atoms with Crippen molar-refractivity contribution in [1.82, 2.24) is 14.7 Å². The summed E-state index contributed by atoms with van der Waals surface area (Å²) in [4.78, 5) is 28.9. The van der Waals surface area contributed by atoms with Gasteiger partial charge < -0.3 is 4.90 Å². The molecule has 0 bridgehead atoms. The van der Waals surface area contributed by atoms with Crippen molar-refractivity contribution in [1.29, 1.82) is 0 Å². The Bertz CT molecular complexity index is 1010. The molecule has 1 atom stereocenters. The van der Waals surface area contributed by atoms with Gasteiger partial charge in [-0.1, -0.05) is 13.3 Å². The number of carbonyl (C=O) groups is 1. The first-order chi connectivity index (χ1) is 13.3. The maximum absolute atomic E-state index is 13.0. The first-order valence-corrected chi connectivity index (χ1v) is 12.1. The molecule has 2 aromatic rings. The Balaban J connectivity index is 1.82. The summed E-state index contributed by atoms with van der Waals surface area (Å²) in [6.07, 6.45) is 2.14. The molecular weight excluding hydrogens is 398 g/mol. The number of aromatic nitrogens is 2. The Labute approximate surface area is 168 Å². The van der Waals surface area contributed by atoms with E-state index in [1.54, 1.807) is 22.3 Å². The molecular formula is C19H25N3O4S2. The van der Waals surface area contributed by atoms with E-state index >= 15 is 0 Å². The fraction of sp³-hybridized carbons (Fsp3) is 0.526. The molecule has 3 heterocycles. The molecule has 0 N–H and O–H groups in total. The summed E-state index contributed by atoms with van der Waals surface area (Å²) >= 11 is 1.57. The number of hydrogen-bond donors (Lipinski definition) is 0. The van der Waals surface area contributed by atoms with Gasteiger partial charge in [-0.25, -0.2) is 13.1 Å². The fourth-order valence-electron chi connectivity index (χ4n) is 3.35.